The Morgan fingerprint density at radius 2 is 2.11 bits per heavy atom. The van der Waals surface area contributed by atoms with Crippen molar-refractivity contribution in [3.05, 3.63) is 41.8 Å². The summed E-state index contributed by atoms with van der Waals surface area (Å²) in [6.45, 7) is 1.18. The zero-order valence-electron chi connectivity index (χ0n) is 9.99. The molecule has 6 heteroatoms. The number of benzene rings is 1. The van der Waals surface area contributed by atoms with Crippen LogP contribution >= 0.6 is 0 Å². The first-order valence-corrected chi connectivity index (χ1v) is 5.57. The summed E-state index contributed by atoms with van der Waals surface area (Å²) >= 11 is 0. The SMILES string of the molecule is CCOC(=O)C(F)(F)c1c(F)ccc2cccnc12. The molecule has 0 radical (unpaired) electrons. The lowest BCUT2D eigenvalue weighted by Crippen LogP contribution is -2.29. The van der Waals surface area contributed by atoms with E-state index in [9.17, 15) is 18.0 Å². The van der Waals surface area contributed by atoms with Gasteiger partial charge in [0.2, 0.25) is 0 Å². The van der Waals surface area contributed by atoms with E-state index < -0.39 is 23.3 Å². The molecule has 2 rings (SSSR count). The fraction of sp³-hybridized carbons (Fsp3) is 0.231. The lowest BCUT2D eigenvalue weighted by Gasteiger charge is -2.17. The fourth-order valence-electron chi connectivity index (χ4n) is 1.74. The average molecular weight is 269 g/mol. The number of ether oxygens (including phenoxy) is 1. The number of pyridine rings is 1. The second-order valence-corrected chi connectivity index (χ2v) is 3.79. The van der Waals surface area contributed by atoms with Gasteiger partial charge in [0.1, 0.15) is 5.82 Å². The molecule has 0 aliphatic rings. The van der Waals surface area contributed by atoms with Crippen LogP contribution in [0.1, 0.15) is 12.5 Å². The lowest BCUT2D eigenvalue weighted by molar-refractivity contribution is -0.173. The molecule has 19 heavy (non-hydrogen) atoms. The zero-order valence-corrected chi connectivity index (χ0v) is 9.99. The topological polar surface area (TPSA) is 39.2 Å². The van der Waals surface area contributed by atoms with Gasteiger partial charge in [-0.25, -0.2) is 9.18 Å². The highest BCUT2D eigenvalue weighted by molar-refractivity contribution is 5.89. The van der Waals surface area contributed by atoms with Crippen molar-refractivity contribution in [2.75, 3.05) is 6.61 Å². The van der Waals surface area contributed by atoms with Crippen LogP contribution in [0.4, 0.5) is 13.2 Å². The summed E-state index contributed by atoms with van der Waals surface area (Å²) in [6, 6.07) is 5.24. The minimum absolute atomic E-state index is 0.214. The van der Waals surface area contributed by atoms with E-state index in [1.165, 1.54) is 31.3 Å². The Hall–Kier alpha value is -2.11. The van der Waals surface area contributed by atoms with Crippen LogP contribution in [0, 0.1) is 5.82 Å². The van der Waals surface area contributed by atoms with Crippen molar-refractivity contribution in [2.24, 2.45) is 0 Å². The van der Waals surface area contributed by atoms with Crippen LogP contribution in [0.25, 0.3) is 10.9 Å². The molecule has 2 aromatic rings. The third-order valence-corrected chi connectivity index (χ3v) is 2.57. The third-order valence-electron chi connectivity index (χ3n) is 2.57. The van der Waals surface area contributed by atoms with Crippen molar-refractivity contribution in [3.8, 4) is 0 Å². The fourth-order valence-corrected chi connectivity index (χ4v) is 1.74. The highest BCUT2D eigenvalue weighted by Gasteiger charge is 2.46. The quantitative estimate of drug-likeness (QED) is 0.804. The van der Waals surface area contributed by atoms with Crippen LogP contribution < -0.4 is 0 Å². The number of nitrogens with zero attached hydrogens (tertiary/aromatic N) is 1. The maximum Gasteiger partial charge on any atom is 0.382 e. The van der Waals surface area contributed by atoms with Crippen molar-refractivity contribution >= 4 is 16.9 Å². The number of fused-ring (bicyclic) bond motifs is 1. The van der Waals surface area contributed by atoms with E-state index >= 15 is 0 Å². The minimum atomic E-state index is -4.08. The number of carbonyl (C=O) groups excluding carboxylic acids is 1. The Morgan fingerprint density at radius 3 is 2.79 bits per heavy atom. The molecule has 0 bridgehead atoms. The summed E-state index contributed by atoms with van der Waals surface area (Å²) in [5.74, 6) is -7.05. The molecule has 0 N–H and O–H groups in total. The molecule has 0 aliphatic heterocycles. The van der Waals surface area contributed by atoms with Gasteiger partial charge >= 0.3 is 11.9 Å². The molecule has 1 heterocycles. The summed E-state index contributed by atoms with van der Waals surface area (Å²) in [4.78, 5) is 15.0. The van der Waals surface area contributed by atoms with E-state index in [-0.39, 0.29) is 12.1 Å². The van der Waals surface area contributed by atoms with E-state index in [4.69, 9.17) is 0 Å². The van der Waals surface area contributed by atoms with Crippen molar-refractivity contribution in [2.45, 2.75) is 12.8 Å². The van der Waals surface area contributed by atoms with Gasteiger partial charge in [0.25, 0.3) is 0 Å². The molecule has 0 atom stereocenters. The Morgan fingerprint density at radius 1 is 1.37 bits per heavy atom. The summed E-state index contributed by atoms with van der Waals surface area (Å²) in [5, 5.41) is 0.322. The van der Waals surface area contributed by atoms with Crippen LogP contribution in [-0.2, 0) is 15.5 Å². The predicted octanol–water partition coefficient (Wildman–Crippen LogP) is 3.03. The Balaban J connectivity index is 2.67. The lowest BCUT2D eigenvalue weighted by atomic mass is 10.0. The molecular weight excluding hydrogens is 259 g/mol. The number of aromatic nitrogens is 1. The van der Waals surface area contributed by atoms with Gasteiger partial charge in [-0.15, -0.1) is 0 Å². The number of rotatable bonds is 3. The first-order valence-electron chi connectivity index (χ1n) is 5.57. The molecule has 1 aromatic heterocycles. The molecule has 0 saturated heterocycles. The molecule has 0 amide bonds. The number of hydrogen-bond donors (Lipinski definition) is 0. The molecule has 0 unspecified atom stereocenters. The summed E-state index contributed by atoms with van der Waals surface area (Å²) in [7, 11) is 0. The van der Waals surface area contributed by atoms with E-state index in [0.29, 0.717) is 5.39 Å². The predicted molar refractivity (Wildman–Crippen MR) is 62.2 cm³/mol. The van der Waals surface area contributed by atoms with Gasteiger partial charge in [0.05, 0.1) is 17.7 Å². The standard InChI is InChI=1S/C13H10F3NO2/c1-2-19-12(18)13(15,16)10-9(14)6-5-8-4-3-7-17-11(8)10/h3-7H,2H2,1H3. The van der Waals surface area contributed by atoms with Gasteiger partial charge < -0.3 is 4.74 Å². The zero-order chi connectivity index (χ0) is 14.0. The Kier molecular flexibility index (Phi) is 3.42. The van der Waals surface area contributed by atoms with Crippen LogP contribution in [0.3, 0.4) is 0 Å². The van der Waals surface area contributed by atoms with Gasteiger partial charge in [0, 0.05) is 11.6 Å². The van der Waals surface area contributed by atoms with Crippen molar-refractivity contribution < 1.29 is 22.7 Å². The van der Waals surface area contributed by atoms with Gasteiger partial charge in [-0.3, -0.25) is 4.98 Å². The number of halogens is 3. The summed E-state index contributed by atoms with van der Waals surface area (Å²) in [6.07, 6.45) is 1.26. The Labute approximate surface area is 107 Å². The number of esters is 1. The minimum Gasteiger partial charge on any atom is -0.461 e. The molecule has 100 valence electrons. The average Bonchev–Trinajstić information content (AvgIpc) is 2.38. The van der Waals surface area contributed by atoms with E-state index in [0.717, 1.165) is 6.07 Å². The molecule has 0 fully saturated rings. The van der Waals surface area contributed by atoms with E-state index in [1.54, 1.807) is 0 Å². The van der Waals surface area contributed by atoms with Crippen LogP contribution in [-0.4, -0.2) is 17.6 Å². The largest absolute Gasteiger partial charge is 0.461 e. The van der Waals surface area contributed by atoms with E-state index in [2.05, 4.69) is 9.72 Å². The molecule has 0 spiro atoms. The van der Waals surface area contributed by atoms with Crippen LogP contribution in [0.15, 0.2) is 30.5 Å². The number of alkyl halides is 2. The molecule has 0 aliphatic carbocycles. The second kappa shape index (κ2) is 4.87. The van der Waals surface area contributed by atoms with E-state index in [1.807, 2.05) is 0 Å². The Bertz CT molecular complexity index is 628. The molecular formula is C13H10F3NO2. The third kappa shape index (κ3) is 2.25. The van der Waals surface area contributed by atoms with Gasteiger partial charge in [-0.1, -0.05) is 6.07 Å². The first kappa shape index (κ1) is 13.3. The van der Waals surface area contributed by atoms with Crippen molar-refractivity contribution in [1.82, 2.24) is 4.98 Å². The smallest absolute Gasteiger partial charge is 0.382 e. The highest BCUT2D eigenvalue weighted by Crippen LogP contribution is 2.35. The first-order chi connectivity index (χ1) is 8.98. The second-order valence-electron chi connectivity index (χ2n) is 3.79. The maximum atomic E-state index is 14.0. The van der Waals surface area contributed by atoms with Gasteiger partial charge in [0.15, 0.2) is 0 Å². The number of carbonyl (C=O) groups is 1. The molecule has 0 saturated carbocycles. The van der Waals surface area contributed by atoms with Gasteiger partial charge in [-0.2, -0.15) is 8.78 Å². The highest BCUT2D eigenvalue weighted by atomic mass is 19.3. The normalized spacial score (nSPS) is 11.6. The summed E-state index contributed by atoms with van der Waals surface area (Å²) < 4.78 is 45.9. The number of hydrogen-bond acceptors (Lipinski definition) is 3. The molecule has 1 aromatic carbocycles. The monoisotopic (exact) mass is 269 g/mol. The van der Waals surface area contributed by atoms with Crippen molar-refractivity contribution in [3.63, 3.8) is 0 Å². The van der Waals surface area contributed by atoms with Gasteiger partial charge in [-0.05, 0) is 25.1 Å². The van der Waals surface area contributed by atoms with Crippen LogP contribution in [0.5, 0.6) is 0 Å². The van der Waals surface area contributed by atoms with Crippen LogP contribution in [0.2, 0.25) is 0 Å². The molecule has 3 nitrogen and oxygen atoms in total. The van der Waals surface area contributed by atoms with Crippen molar-refractivity contribution in [1.29, 1.82) is 0 Å². The summed E-state index contributed by atoms with van der Waals surface area (Å²) in [5.41, 5.74) is -1.30. The maximum absolute atomic E-state index is 14.0.